The van der Waals surface area contributed by atoms with Crippen LogP contribution in [0.2, 0.25) is 0 Å². The number of aromatic amines is 1. The van der Waals surface area contributed by atoms with Crippen molar-refractivity contribution >= 4 is 8.53 Å². The predicted molar refractivity (Wildman–Crippen MR) is 237 cm³/mol. The van der Waals surface area contributed by atoms with Crippen molar-refractivity contribution < 1.29 is 28.0 Å². The van der Waals surface area contributed by atoms with Crippen LogP contribution < -0.4 is 20.7 Å². The largest absolute Gasteiger partial charge is 0.497 e. The Hall–Kier alpha value is -4.38. The zero-order valence-corrected chi connectivity index (χ0v) is 37.6. The van der Waals surface area contributed by atoms with E-state index in [-0.39, 0.29) is 44.4 Å². The smallest absolute Gasteiger partial charge is 0.330 e. The van der Waals surface area contributed by atoms with E-state index in [9.17, 15) is 14.9 Å². The molecule has 1 aliphatic carbocycles. The fourth-order valence-corrected chi connectivity index (χ4v) is 10.4. The molecule has 1 saturated carbocycles. The van der Waals surface area contributed by atoms with Gasteiger partial charge >= 0.3 is 5.69 Å². The lowest BCUT2D eigenvalue weighted by Gasteiger charge is -2.50. The highest BCUT2D eigenvalue weighted by Crippen LogP contribution is 2.49. The van der Waals surface area contributed by atoms with Gasteiger partial charge in [0.25, 0.3) is 14.1 Å². The van der Waals surface area contributed by atoms with Crippen molar-refractivity contribution in [2.24, 2.45) is 0 Å². The van der Waals surface area contributed by atoms with Crippen LogP contribution in [0, 0.1) is 18.3 Å². The van der Waals surface area contributed by atoms with Gasteiger partial charge in [0, 0.05) is 43.0 Å². The third-order valence-corrected chi connectivity index (χ3v) is 13.7. The van der Waals surface area contributed by atoms with Crippen molar-refractivity contribution in [2.45, 2.75) is 109 Å². The molecular formula is C47H62N5O8P. The van der Waals surface area contributed by atoms with E-state index in [1.54, 1.807) is 27.3 Å². The maximum absolute atomic E-state index is 13.7. The number of hydrogen-bond acceptors (Lipinski definition) is 11. The molecule has 14 heteroatoms. The number of nitrogens with zero attached hydrogens (tertiary/aromatic N) is 4. The normalized spacial score (nSPS) is 19.6. The Morgan fingerprint density at radius 1 is 0.869 bits per heavy atom. The molecule has 1 aliphatic heterocycles. The summed E-state index contributed by atoms with van der Waals surface area (Å²) in [5.41, 5.74) is -0.356. The van der Waals surface area contributed by atoms with Crippen molar-refractivity contribution in [2.75, 3.05) is 47.1 Å². The van der Waals surface area contributed by atoms with Gasteiger partial charge in [0.05, 0.1) is 46.5 Å². The topological polar surface area (TPSA) is 141 Å². The van der Waals surface area contributed by atoms with Crippen LogP contribution in [-0.2, 0) is 24.1 Å². The molecule has 2 aliphatic rings. The van der Waals surface area contributed by atoms with Crippen LogP contribution >= 0.6 is 8.53 Å². The highest BCUT2D eigenvalue weighted by atomic mass is 31.2. The molecule has 1 N–H and O–H groups in total. The maximum Gasteiger partial charge on any atom is 0.330 e. The number of aromatic nitrogens is 2. The third-order valence-electron chi connectivity index (χ3n) is 11.6. The summed E-state index contributed by atoms with van der Waals surface area (Å²) in [6, 6.07) is 28.5. The van der Waals surface area contributed by atoms with Crippen molar-refractivity contribution in [3.05, 3.63) is 128 Å². The van der Waals surface area contributed by atoms with E-state index in [1.165, 1.54) is 11.0 Å². The summed E-state index contributed by atoms with van der Waals surface area (Å²) in [6.07, 6.45) is 6.40. The minimum Gasteiger partial charge on any atom is -0.497 e. The second-order valence-corrected chi connectivity index (χ2v) is 18.0. The lowest BCUT2D eigenvalue weighted by atomic mass is 9.79. The molecule has 1 unspecified atom stereocenters. The standard InChI is InChI=1S/C47H62N5O8P/c1-34(2)52(35(3)4)61(58-28-14-27-48)59-33-46(31-50(40-17-12-9-13-18-40)30-43(60-46)51-29-36(5)44(53)49-45(51)54)32-57-47(37-15-10-8-11-16-37,38-19-23-41(55-6)24-20-38)39-21-25-42(56-7)26-22-39/h8,10-11,15-16,19-26,29,34-35,40,43H,9,12-14,17-18,28,30-33H2,1-7H3,(H,49,53,54)/t43-,46+,61?/m1/s1. The Morgan fingerprint density at radius 3 is 2.02 bits per heavy atom. The summed E-state index contributed by atoms with van der Waals surface area (Å²) in [5, 5.41) is 9.46. The van der Waals surface area contributed by atoms with Gasteiger partial charge in [-0.1, -0.05) is 73.9 Å². The van der Waals surface area contributed by atoms with Gasteiger partial charge < -0.3 is 28.0 Å². The van der Waals surface area contributed by atoms with Gasteiger partial charge in [0.2, 0.25) is 0 Å². The summed E-state index contributed by atoms with van der Waals surface area (Å²) < 4.78 is 43.2. The average Bonchev–Trinajstić information content (AvgIpc) is 3.27. The first-order valence-electron chi connectivity index (χ1n) is 21.4. The fourth-order valence-electron chi connectivity index (χ4n) is 8.67. The van der Waals surface area contributed by atoms with Crippen molar-refractivity contribution in [3.8, 4) is 17.6 Å². The van der Waals surface area contributed by atoms with Gasteiger partial charge in [-0.05, 0) is 88.4 Å². The highest BCUT2D eigenvalue weighted by Gasteiger charge is 2.49. The highest BCUT2D eigenvalue weighted by molar-refractivity contribution is 7.44. The Kier molecular flexibility index (Phi) is 16.0. The minimum atomic E-state index is -1.68. The van der Waals surface area contributed by atoms with Gasteiger partial charge in [0.1, 0.15) is 22.7 Å². The van der Waals surface area contributed by atoms with Crippen LogP contribution in [0.5, 0.6) is 11.5 Å². The number of nitrogens with one attached hydrogen (secondary N) is 1. The number of methoxy groups -OCH3 is 2. The van der Waals surface area contributed by atoms with Crippen LogP contribution in [0.25, 0.3) is 0 Å². The minimum absolute atomic E-state index is 0.0154. The van der Waals surface area contributed by atoms with Crippen LogP contribution in [0.1, 0.15) is 94.7 Å². The molecule has 328 valence electrons. The number of rotatable bonds is 19. The summed E-state index contributed by atoms with van der Waals surface area (Å²) in [7, 11) is 1.61. The number of aryl methyl sites for hydroxylation is 1. The molecule has 13 nitrogen and oxygen atoms in total. The van der Waals surface area contributed by atoms with Gasteiger partial charge in [-0.2, -0.15) is 5.26 Å². The van der Waals surface area contributed by atoms with E-state index < -0.39 is 37.2 Å². The second kappa shape index (κ2) is 21.1. The molecule has 0 amide bonds. The number of hydrogen-bond donors (Lipinski definition) is 1. The number of nitriles is 1. The monoisotopic (exact) mass is 855 g/mol. The van der Waals surface area contributed by atoms with E-state index in [0.29, 0.717) is 30.2 Å². The van der Waals surface area contributed by atoms with Gasteiger partial charge in [-0.25, -0.2) is 9.46 Å². The van der Waals surface area contributed by atoms with Crippen molar-refractivity contribution in [1.82, 2.24) is 19.1 Å². The predicted octanol–water partition coefficient (Wildman–Crippen LogP) is 8.07. The lowest BCUT2D eigenvalue weighted by molar-refractivity contribution is -0.234. The maximum atomic E-state index is 13.7. The van der Waals surface area contributed by atoms with Gasteiger partial charge in [-0.3, -0.25) is 19.2 Å². The number of morpholine rings is 1. The summed E-state index contributed by atoms with van der Waals surface area (Å²) in [6.45, 7) is 11.2. The van der Waals surface area contributed by atoms with Gasteiger partial charge in [0.15, 0.2) is 6.23 Å². The summed E-state index contributed by atoms with van der Waals surface area (Å²) >= 11 is 0. The van der Waals surface area contributed by atoms with Gasteiger partial charge in [-0.15, -0.1) is 0 Å². The molecule has 2 heterocycles. The molecule has 4 aromatic rings. The third kappa shape index (κ3) is 10.8. The Labute approximate surface area is 361 Å². The lowest BCUT2D eigenvalue weighted by Crippen LogP contribution is -2.62. The van der Waals surface area contributed by atoms with E-state index in [0.717, 1.165) is 42.4 Å². The molecule has 0 bridgehead atoms. The zero-order chi connectivity index (χ0) is 43.6. The van der Waals surface area contributed by atoms with E-state index in [2.05, 4.69) is 60.5 Å². The molecule has 2 fully saturated rings. The van der Waals surface area contributed by atoms with E-state index in [1.807, 2.05) is 66.7 Å². The average molecular weight is 856 g/mol. The summed E-state index contributed by atoms with van der Waals surface area (Å²) in [4.78, 5) is 31.3. The van der Waals surface area contributed by atoms with Crippen LogP contribution in [0.15, 0.2) is 94.6 Å². The second-order valence-electron chi connectivity index (χ2n) is 16.6. The quantitative estimate of drug-likeness (QED) is 0.0557. The molecule has 61 heavy (non-hydrogen) atoms. The number of H-pyrrole nitrogens is 1. The van der Waals surface area contributed by atoms with Crippen molar-refractivity contribution in [1.29, 1.82) is 5.26 Å². The molecule has 3 aromatic carbocycles. The first-order valence-corrected chi connectivity index (χ1v) is 22.5. The molecule has 6 rings (SSSR count). The molecule has 0 radical (unpaired) electrons. The zero-order valence-electron chi connectivity index (χ0n) is 36.7. The fraction of sp³-hybridized carbons (Fsp3) is 0.511. The molecule has 1 aromatic heterocycles. The first-order chi connectivity index (χ1) is 29.4. The molecular weight excluding hydrogens is 794 g/mol. The first kappa shape index (κ1) is 46.1. The number of ether oxygens (including phenoxy) is 4. The van der Waals surface area contributed by atoms with Crippen LogP contribution in [-0.4, -0.2) is 90.0 Å². The Morgan fingerprint density at radius 2 is 1.46 bits per heavy atom. The number of benzene rings is 3. The van der Waals surface area contributed by atoms with Crippen molar-refractivity contribution in [3.63, 3.8) is 0 Å². The van der Waals surface area contributed by atoms with Crippen LogP contribution in [0.3, 0.4) is 0 Å². The molecule has 0 spiro atoms. The van der Waals surface area contributed by atoms with E-state index >= 15 is 0 Å². The Bertz CT molecular complexity index is 2100. The molecule has 1 saturated heterocycles. The SMILES string of the molecule is COc1ccc(C(OC[C@]2(COP(OCCC#N)N(C(C)C)C(C)C)CN(C3CCCCC3)C[C@H](n3cc(C)c(=O)[nH]c3=O)O2)(c2ccccc2)c2ccc(OC)cc2)cc1. The summed E-state index contributed by atoms with van der Waals surface area (Å²) in [5.74, 6) is 1.41. The molecule has 3 atom stereocenters. The van der Waals surface area contributed by atoms with Crippen LogP contribution in [0.4, 0.5) is 0 Å². The Balaban J connectivity index is 1.53. The van der Waals surface area contributed by atoms with E-state index in [4.69, 9.17) is 28.0 Å².